The van der Waals surface area contributed by atoms with Gasteiger partial charge < -0.3 is 10.1 Å². The lowest BCUT2D eigenvalue weighted by Gasteiger charge is -2.26. The van der Waals surface area contributed by atoms with Crippen LogP contribution < -0.4 is 10.0 Å². The highest BCUT2D eigenvalue weighted by Gasteiger charge is 2.21. The molecule has 1 atom stereocenters. The number of benzene rings is 1. The molecular formula is C17H27N3O4S. The molecule has 8 heteroatoms. The molecule has 1 aromatic carbocycles. The number of hydrogen-bond acceptors (Lipinski definition) is 5. The van der Waals surface area contributed by atoms with E-state index >= 15 is 0 Å². The SMILES string of the molecule is Cc1ccc(NS(=O)(=O)CC(C)C(=O)NCCN2CCOCC2)cc1. The van der Waals surface area contributed by atoms with Crippen LogP contribution in [0.5, 0.6) is 0 Å². The minimum Gasteiger partial charge on any atom is -0.379 e. The molecule has 2 rings (SSSR count). The van der Waals surface area contributed by atoms with Gasteiger partial charge in [0.15, 0.2) is 0 Å². The molecule has 1 aliphatic heterocycles. The second-order valence-corrected chi connectivity index (χ2v) is 8.16. The van der Waals surface area contributed by atoms with Crippen LogP contribution in [0.4, 0.5) is 5.69 Å². The fourth-order valence-electron chi connectivity index (χ4n) is 2.58. The second-order valence-electron chi connectivity index (χ2n) is 6.40. The molecule has 0 radical (unpaired) electrons. The van der Waals surface area contributed by atoms with E-state index in [-0.39, 0.29) is 11.7 Å². The van der Waals surface area contributed by atoms with Crippen molar-refractivity contribution in [3.05, 3.63) is 29.8 Å². The Morgan fingerprint density at radius 3 is 2.52 bits per heavy atom. The van der Waals surface area contributed by atoms with Crippen molar-refractivity contribution in [2.75, 3.05) is 49.9 Å². The van der Waals surface area contributed by atoms with Crippen LogP contribution >= 0.6 is 0 Å². The van der Waals surface area contributed by atoms with Crippen molar-refractivity contribution < 1.29 is 17.9 Å². The van der Waals surface area contributed by atoms with Crippen molar-refractivity contribution in [1.82, 2.24) is 10.2 Å². The Morgan fingerprint density at radius 1 is 1.24 bits per heavy atom. The normalized spacial score (nSPS) is 17.0. The lowest BCUT2D eigenvalue weighted by atomic mass is 10.2. The number of rotatable bonds is 8. The number of nitrogens with one attached hydrogen (secondary N) is 2. The van der Waals surface area contributed by atoms with Crippen LogP contribution in [-0.2, 0) is 19.6 Å². The maximum absolute atomic E-state index is 12.2. The molecule has 0 spiro atoms. The van der Waals surface area contributed by atoms with Gasteiger partial charge in [0.05, 0.1) is 24.9 Å². The number of anilines is 1. The number of ether oxygens (including phenoxy) is 1. The van der Waals surface area contributed by atoms with Gasteiger partial charge in [-0.3, -0.25) is 14.4 Å². The molecule has 1 aromatic rings. The van der Waals surface area contributed by atoms with Crippen LogP contribution in [0.2, 0.25) is 0 Å². The van der Waals surface area contributed by atoms with E-state index in [2.05, 4.69) is 14.9 Å². The number of carbonyl (C=O) groups is 1. The zero-order chi connectivity index (χ0) is 18.3. The Balaban J connectivity index is 1.75. The van der Waals surface area contributed by atoms with Crippen molar-refractivity contribution in [2.45, 2.75) is 13.8 Å². The van der Waals surface area contributed by atoms with Gasteiger partial charge in [0.1, 0.15) is 0 Å². The number of nitrogens with zero attached hydrogens (tertiary/aromatic N) is 1. The molecule has 1 fully saturated rings. The van der Waals surface area contributed by atoms with Gasteiger partial charge in [-0.25, -0.2) is 8.42 Å². The van der Waals surface area contributed by atoms with Gasteiger partial charge >= 0.3 is 0 Å². The predicted molar refractivity (Wildman–Crippen MR) is 98.0 cm³/mol. The van der Waals surface area contributed by atoms with Gasteiger partial charge in [0.25, 0.3) is 0 Å². The fraction of sp³-hybridized carbons (Fsp3) is 0.588. The van der Waals surface area contributed by atoms with E-state index in [0.29, 0.717) is 25.4 Å². The first-order valence-electron chi connectivity index (χ1n) is 8.51. The number of aryl methyl sites for hydroxylation is 1. The number of hydrogen-bond donors (Lipinski definition) is 2. The lowest BCUT2D eigenvalue weighted by molar-refractivity contribution is -0.123. The van der Waals surface area contributed by atoms with Gasteiger partial charge in [0, 0.05) is 31.9 Å². The molecule has 0 bridgehead atoms. The third-order valence-electron chi connectivity index (χ3n) is 4.07. The van der Waals surface area contributed by atoms with Crippen LogP contribution in [-0.4, -0.2) is 64.4 Å². The predicted octanol–water partition coefficient (Wildman–Crippen LogP) is 0.821. The molecule has 140 valence electrons. The van der Waals surface area contributed by atoms with Crippen molar-refractivity contribution >= 4 is 21.6 Å². The fourth-order valence-corrected chi connectivity index (χ4v) is 3.97. The maximum atomic E-state index is 12.2. The topological polar surface area (TPSA) is 87.7 Å². The minimum absolute atomic E-state index is 0.246. The highest BCUT2D eigenvalue weighted by Crippen LogP contribution is 2.12. The molecule has 1 unspecified atom stereocenters. The van der Waals surface area contributed by atoms with E-state index in [1.807, 2.05) is 19.1 Å². The molecule has 2 N–H and O–H groups in total. The molecule has 0 aromatic heterocycles. The summed E-state index contributed by atoms with van der Waals surface area (Å²) >= 11 is 0. The van der Waals surface area contributed by atoms with Crippen LogP contribution in [0, 0.1) is 12.8 Å². The van der Waals surface area contributed by atoms with Gasteiger partial charge in [-0.1, -0.05) is 24.6 Å². The first-order valence-corrected chi connectivity index (χ1v) is 10.2. The van der Waals surface area contributed by atoms with Crippen molar-refractivity contribution in [3.63, 3.8) is 0 Å². The number of sulfonamides is 1. The first-order chi connectivity index (χ1) is 11.9. The molecule has 1 amide bonds. The van der Waals surface area contributed by atoms with Gasteiger partial charge in [-0.2, -0.15) is 0 Å². The largest absolute Gasteiger partial charge is 0.379 e. The Morgan fingerprint density at radius 2 is 1.88 bits per heavy atom. The summed E-state index contributed by atoms with van der Waals surface area (Å²) in [6.07, 6.45) is 0. The summed E-state index contributed by atoms with van der Waals surface area (Å²) in [6.45, 7) is 7.96. The molecule has 1 aliphatic rings. The standard InChI is InChI=1S/C17H27N3O4S/c1-14-3-5-16(6-4-14)19-25(22,23)13-15(2)17(21)18-7-8-20-9-11-24-12-10-20/h3-6,15,19H,7-13H2,1-2H3,(H,18,21). The van der Waals surface area contributed by atoms with Crippen LogP contribution in [0.15, 0.2) is 24.3 Å². The Labute approximate surface area is 149 Å². The highest BCUT2D eigenvalue weighted by atomic mass is 32.2. The number of morpholine rings is 1. The molecule has 1 saturated heterocycles. The maximum Gasteiger partial charge on any atom is 0.233 e. The number of amides is 1. The summed E-state index contributed by atoms with van der Waals surface area (Å²) in [5, 5.41) is 2.81. The van der Waals surface area contributed by atoms with E-state index in [0.717, 1.165) is 25.2 Å². The van der Waals surface area contributed by atoms with E-state index < -0.39 is 15.9 Å². The van der Waals surface area contributed by atoms with Crippen LogP contribution in [0.3, 0.4) is 0 Å². The highest BCUT2D eigenvalue weighted by molar-refractivity contribution is 7.92. The number of carbonyl (C=O) groups excluding carboxylic acids is 1. The quantitative estimate of drug-likeness (QED) is 0.708. The third kappa shape index (κ3) is 7.01. The Hall–Kier alpha value is -1.64. The van der Waals surface area contributed by atoms with Crippen LogP contribution in [0.25, 0.3) is 0 Å². The van der Waals surface area contributed by atoms with Crippen molar-refractivity contribution in [3.8, 4) is 0 Å². The van der Waals surface area contributed by atoms with Gasteiger partial charge in [-0.15, -0.1) is 0 Å². The summed E-state index contributed by atoms with van der Waals surface area (Å²) < 4.78 is 32.2. The molecule has 0 aliphatic carbocycles. The summed E-state index contributed by atoms with van der Waals surface area (Å²) in [6, 6.07) is 7.08. The molecule has 7 nitrogen and oxygen atoms in total. The minimum atomic E-state index is -3.58. The molecular weight excluding hydrogens is 342 g/mol. The molecule has 25 heavy (non-hydrogen) atoms. The first kappa shape index (κ1) is 19.7. The third-order valence-corrected chi connectivity index (χ3v) is 5.56. The van der Waals surface area contributed by atoms with Crippen molar-refractivity contribution in [2.24, 2.45) is 5.92 Å². The summed E-state index contributed by atoms with van der Waals surface area (Å²) in [4.78, 5) is 14.3. The van der Waals surface area contributed by atoms with E-state index in [1.54, 1.807) is 19.1 Å². The monoisotopic (exact) mass is 369 g/mol. The average molecular weight is 369 g/mol. The average Bonchev–Trinajstić information content (AvgIpc) is 2.57. The van der Waals surface area contributed by atoms with E-state index in [4.69, 9.17) is 4.74 Å². The van der Waals surface area contributed by atoms with Crippen molar-refractivity contribution in [1.29, 1.82) is 0 Å². The zero-order valence-corrected chi connectivity index (χ0v) is 15.6. The summed E-state index contributed by atoms with van der Waals surface area (Å²) in [5.74, 6) is -1.11. The van der Waals surface area contributed by atoms with Gasteiger partial charge in [-0.05, 0) is 19.1 Å². The van der Waals surface area contributed by atoms with E-state index in [1.165, 1.54) is 0 Å². The molecule has 0 saturated carbocycles. The Bertz CT molecular complexity index is 655. The Kier molecular flexibility index (Phi) is 7.22. The van der Waals surface area contributed by atoms with Gasteiger partial charge in [0.2, 0.25) is 15.9 Å². The zero-order valence-electron chi connectivity index (χ0n) is 14.8. The summed E-state index contributed by atoms with van der Waals surface area (Å²) in [5.41, 5.74) is 1.56. The lowest BCUT2D eigenvalue weighted by Crippen LogP contribution is -2.43. The smallest absolute Gasteiger partial charge is 0.233 e. The second kappa shape index (κ2) is 9.17. The van der Waals surface area contributed by atoms with E-state index in [9.17, 15) is 13.2 Å². The van der Waals surface area contributed by atoms with Crippen LogP contribution in [0.1, 0.15) is 12.5 Å². The molecule has 1 heterocycles. The summed E-state index contributed by atoms with van der Waals surface area (Å²) in [7, 11) is -3.58.